The molecule has 1 aromatic heterocycles. The van der Waals surface area contributed by atoms with Crippen molar-refractivity contribution in [3.63, 3.8) is 0 Å². The number of rotatable bonds is 5. The molecule has 0 bridgehead atoms. The summed E-state index contributed by atoms with van der Waals surface area (Å²) < 4.78 is 0. The standard InChI is InChI=1S/C11H20N4OS.ClH/c1-5-7(4)8(12)9(16)13-11-15-14-10(17-11)6(2)3;/h6-8H,5,12H2,1-4H3,(H,13,15,16);1H. The van der Waals surface area contributed by atoms with Crippen molar-refractivity contribution in [2.24, 2.45) is 11.7 Å². The average molecular weight is 293 g/mol. The number of nitrogens with one attached hydrogen (secondary N) is 1. The largest absolute Gasteiger partial charge is 0.320 e. The van der Waals surface area contributed by atoms with Gasteiger partial charge < -0.3 is 5.73 Å². The molecule has 1 aromatic rings. The summed E-state index contributed by atoms with van der Waals surface area (Å²) in [6, 6.07) is -0.494. The lowest BCUT2D eigenvalue weighted by Gasteiger charge is -2.16. The van der Waals surface area contributed by atoms with Crippen LogP contribution in [0.3, 0.4) is 0 Å². The molecule has 1 amide bonds. The molecule has 0 saturated carbocycles. The van der Waals surface area contributed by atoms with Crippen LogP contribution >= 0.6 is 23.7 Å². The van der Waals surface area contributed by atoms with E-state index in [1.54, 1.807) is 0 Å². The molecule has 7 heteroatoms. The van der Waals surface area contributed by atoms with E-state index in [4.69, 9.17) is 5.73 Å². The van der Waals surface area contributed by atoms with Gasteiger partial charge in [0.25, 0.3) is 0 Å². The summed E-state index contributed by atoms with van der Waals surface area (Å²) in [7, 11) is 0. The first kappa shape index (κ1) is 17.3. The zero-order chi connectivity index (χ0) is 13.0. The second-order valence-corrected chi connectivity index (χ2v) is 5.51. The number of anilines is 1. The third-order valence-electron chi connectivity index (χ3n) is 2.72. The van der Waals surface area contributed by atoms with E-state index in [1.165, 1.54) is 11.3 Å². The number of amides is 1. The summed E-state index contributed by atoms with van der Waals surface area (Å²) >= 11 is 1.40. The number of halogens is 1. The molecule has 0 radical (unpaired) electrons. The van der Waals surface area contributed by atoms with E-state index in [2.05, 4.69) is 15.5 Å². The molecule has 0 spiro atoms. The van der Waals surface area contributed by atoms with Crippen molar-refractivity contribution < 1.29 is 4.79 Å². The molecular formula is C11H21ClN4OS. The van der Waals surface area contributed by atoms with Gasteiger partial charge in [-0.25, -0.2) is 0 Å². The van der Waals surface area contributed by atoms with Gasteiger partial charge in [-0.1, -0.05) is 45.5 Å². The number of hydrogen-bond donors (Lipinski definition) is 2. The highest BCUT2D eigenvalue weighted by Gasteiger charge is 2.20. The van der Waals surface area contributed by atoms with Gasteiger partial charge in [0.05, 0.1) is 6.04 Å². The Morgan fingerprint density at radius 2 is 2.00 bits per heavy atom. The monoisotopic (exact) mass is 292 g/mol. The Hall–Kier alpha value is -0.720. The minimum absolute atomic E-state index is 0. The third-order valence-corrected chi connectivity index (χ3v) is 3.86. The highest BCUT2D eigenvalue weighted by molar-refractivity contribution is 7.15. The lowest BCUT2D eigenvalue weighted by atomic mass is 10.00. The molecule has 0 fully saturated rings. The fraction of sp³-hybridized carbons (Fsp3) is 0.727. The van der Waals surface area contributed by atoms with Crippen LogP contribution < -0.4 is 11.1 Å². The van der Waals surface area contributed by atoms with E-state index < -0.39 is 6.04 Å². The molecule has 5 nitrogen and oxygen atoms in total. The first-order chi connectivity index (χ1) is 7.95. The Balaban J connectivity index is 0.00000289. The van der Waals surface area contributed by atoms with E-state index in [9.17, 15) is 4.79 Å². The second kappa shape index (κ2) is 7.66. The number of aromatic nitrogens is 2. The fourth-order valence-electron chi connectivity index (χ4n) is 1.22. The summed E-state index contributed by atoms with van der Waals surface area (Å²) in [6.45, 7) is 8.05. The van der Waals surface area contributed by atoms with E-state index >= 15 is 0 Å². The molecule has 0 aliphatic rings. The lowest BCUT2D eigenvalue weighted by Crippen LogP contribution is -2.40. The Morgan fingerprint density at radius 3 is 2.44 bits per heavy atom. The van der Waals surface area contributed by atoms with Crippen LogP contribution in [0.5, 0.6) is 0 Å². The van der Waals surface area contributed by atoms with Gasteiger partial charge in [-0.15, -0.1) is 22.6 Å². The van der Waals surface area contributed by atoms with Gasteiger partial charge in [-0.3, -0.25) is 10.1 Å². The minimum Gasteiger partial charge on any atom is -0.320 e. The van der Waals surface area contributed by atoms with Gasteiger partial charge in [-0.2, -0.15) is 0 Å². The first-order valence-electron chi connectivity index (χ1n) is 5.85. The first-order valence-corrected chi connectivity index (χ1v) is 6.67. The van der Waals surface area contributed by atoms with Crippen LogP contribution in [0.25, 0.3) is 0 Å². The Kier molecular flexibility index (Phi) is 7.35. The van der Waals surface area contributed by atoms with Crippen molar-refractivity contribution in [2.45, 2.75) is 46.1 Å². The summed E-state index contributed by atoms with van der Waals surface area (Å²) in [6.07, 6.45) is 0.877. The third kappa shape index (κ3) is 4.51. The quantitative estimate of drug-likeness (QED) is 0.873. The van der Waals surface area contributed by atoms with Crippen LogP contribution in [-0.4, -0.2) is 22.1 Å². The van der Waals surface area contributed by atoms with Crippen molar-refractivity contribution in [3.8, 4) is 0 Å². The van der Waals surface area contributed by atoms with Crippen molar-refractivity contribution in [1.29, 1.82) is 0 Å². The van der Waals surface area contributed by atoms with Crippen LogP contribution in [0.2, 0.25) is 0 Å². The molecule has 104 valence electrons. The molecular weight excluding hydrogens is 272 g/mol. The molecule has 0 saturated heterocycles. The molecule has 2 unspecified atom stereocenters. The van der Waals surface area contributed by atoms with Gasteiger partial charge in [0.15, 0.2) is 0 Å². The van der Waals surface area contributed by atoms with Gasteiger partial charge in [0, 0.05) is 5.92 Å². The van der Waals surface area contributed by atoms with E-state index in [1.807, 2.05) is 27.7 Å². The summed E-state index contributed by atoms with van der Waals surface area (Å²) in [4.78, 5) is 11.8. The van der Waals surface area contributed by atoms with Crippen LogP contribution in [0, 0.1) is 5.92 Å². The predicted molar refractivity (Wildman–Crippen MR) is 77.3 cm³/mol. The normalized spacial score (nSPS) is 13.9. The highest BCUT2D eigenvalue weighted by atomic mass is 35.5. The number of hydrogen-bond acceptors (Lipinski definition) is 5. The molecule has 1 rings (SSSR count). The Labute approximate surface area is 118 Å². The molecule has 1 heterocycles. The zero-order valence-corrected chi connectivity index (χ0v) is 12.8. The number of nitrogens with zero attached hydrogens (tertiary/aromatic N) is 2. The van der Waals surface area contributed by atoms with Gasteiger partial charge in [0.2, 0.25) is 11.0 Å². The molecule has 0 aromatic carbocycles. The summed E-state index contributed by atoms with van der Waals surface area (Å²) in [5.41, 5.74) is 5.83. The number of carbonyl (C=O) groups excluding carboxylic acids is 1. The maximum atomic E-state index is 11.8. The van der Waals surface area contributed by atoms with Crippen LogP contribution in [-0.2, 0) is 4.79 Å². The molecule has 3 N–H and O–H groups in total. The highest BCUT2D eigenvalue weighted by Crippen LogP contribution is 2.22. The van der Waals surface area contributed by atoms with Crippen molar-refractivity contribution in [3.05, 3.63) is 5.01 Å². The molecule has 0 aliphatic carbocycles. The van der Waals surface area contributed by atoms with Crippen molar-refractivity contribution in [2.75, 3.05) is 5.32 Å². The maximum Gasteiger partial charge on any atom is 0.243 e. The predicted octanol–water partition coefficient (Wildman–Crippen LogP) is 2.40. The van der Waals surface area contributed by atoms with E-state index in [0.29, 0.717) is 11.0 Å². The Morgan fingerprint density at radius 1 is 1.39 bits per heavy atom. The maximum absolute atomic E-state index is 11.8. The molecule has 0 aliphatic heterocycles. The van der Waals surface area contributed by atoms with Gasteiger partial charge in [0.1, 0.15) is 5.01 Å². The average Bonchev–Trinajstić information content (AvgIpc) is 2.75. The van der Waals surface area contributed by atoms with E-state index in [0.717, 1.165) is 11.4 Å². The van der Waals surface area contributed by atoms with Crippen molar-refractivity contribution >= 4 is 34.8 Å². The minimum atomic E-state index is -0.494. The summed E-state index contributed by atoms with van der Waals surface area (Å²) in [5.74, 6) is 0.291. The van der Waals surface area contributed by atoms with E-state index in [-0.39, 0.29) is 24.2 Å². The molecule has 18 heavy (non-hydrogen) atoms. The second-order valence-electron chi connectivity index (χ2n) is 4.50. The number of carbonyl (C=O) groups is 1. The topological polar surface area (TPSA) is 80.9 Å². The molecule has 2 atom stereocenters. The lowest BCUT2D eigenvalue weighted by molar-refractivity contribution is -0.118. The number of nitrogens with two attached hydrogens (primary N) is 1. The summed E-state index contributed by atoms with van der Waals surface area (Å²) in [5, 5.41) is 12.1. The Bertz CT molecular complexity index is 383. The fourth-order valence-corrected chi connectivity index (χ4v) is 1.97. The van der Waals surface area contributed by atoms with Crippen LogP contribution in [0.4, 0.5) is 5.13 Å². The van der Waals surface area contributed by atoms with Crippen molar-refractivity contribution in [1.82, 2.24) is 10.2 Å². The zero-order valence-electron chi connectivity index (χ0n) is 11.1. The van der Waals surface area contributed by atoms with Gasteiger partial charge >= 0.3 is 0 Å². The van der Waals surface area contributed by atoms with Gasteiger partial charge in [-0.05, 0) is 5.92 Å². The SMILES string of the molecule is CCC(C)C(N)C(=O)Nc1nnc(C(C)C)s1.Cl. The van der Waals surface area contributed by atoms with Crippen LogP contribution in [0.1, 0.15) is 45.0 Å². The van der Waals surface area contributed by atoms with Crippen LogP contribution in [0.15, 0.2) is 0 Å². The smallest absolute Gasteiger partial charge is 0.243 e.